The number of unbranched alkanes of at least 4 members (excludes halogenated alkanes) is 4. The number of nitrogens with zero attached hydrogens (tertiary/aromatic N) is 2. The Morgan fingerprint density at radius 1 is 0.617 bits per heavy atom. The Labute approximate surface area is 358 Å². The molecule has 0 aliphatic carbocycles. The van der Waals surface area contributed by atoms with Crippen molar-refractivity contribution in [2.45, 2.75) is 182 Å². The van der Waals surface area contributed by atoms with Gasteiger partial charge in [-0.1, -0.05) is 93.4 Å². The first-order valence-electron chi connectivity index (χ1n) is 21.4. The van der Waals surface area contributed by atoms with E-state index >= 15 is 0 Å². The van der Waals surface area contributed by atoms with Crippen LogP contribution in [0, 0.1) is 5.92 Å². The Bertz CT molecular complexity index is 1210. The van der Waals surface area contributed by atoms with Gasteiger partial charge in [-0.15, -0.1) is 0 Å². The van der Waals surface area contributed by atoms with Gasteiger partial charge in [-0.2, -0.15) is 0 Å². The smallest absolute Gasteiger partial charge is 0.328 e. The second-order valence-electron chi connectivity index (χ2n) is 14.2. The fourth-order valence-corrected chi connectivity index (χ4v) is 4.32. The van der Waals surface area contributed by atoms with Crippen molar-refractivity contribution in [3.05, 3.63) is 0 Å². The Balaban J connectivity index is -0.00000114. The first-order chi connectivity index (χ1) is 28.3. The fraction of sp³-hybridized carbons (Fsp3) is 0.800. The molecule has 0 aliphatic heterocycles. The van der Waals surface area contributed by atoms with Crippen LogP contribution in [0.15, 0.2) is 9.98 Å². The Hall–Kier alpha value is -4.40. The number of hydrogen-bond acceptors (Lipinski definition) is 12. The number of nitrogens with one attached hydrogen (secondary N) is 4. The minimum absolute atomic E-state index is 0.00334. The first kappa shape index (κ1) is 62.3. The molecule has 0 radical (unpaired) electrons. The van der Waals surface area contributed by atoms with Crippen LogP contribution in [0.25, 0.3) is 0 Å². The van der Waals surface area contributed by atoms with E-state index in [1.54, 1.807) is 6.92 Å². The quantitative estimate of drug-likeness (QED) is 0.0160. The maximum Gasteiger partial charge on any atom is 0.328 e. The van der Waals surface area contributed by atoms with Gasteiger partial charge in [0, 0.05) is 26.1 Å². The third-order valence-corrected chi connectivity index (χ3v) is 8.60. The minimum Gasteiger partial charge on any atom is -0.481 e. The molecule has 6 atom stereocenters. The molecular formula is C40H83N11O9. The van der Waals surface area contributed by atoms with Gasteiger partial charge in [0.05, 0.1) is 30.1 Å². The summed E-state index contributed by atoms with van der Waals surface area (Å²) in [7, 11) is 0. The van der Waals surface area contributed by atoms with E-state index in [1.807, 2.05) is 0 Å². The molecule has 0 spiro atoms. The predicted molar refractivity (Wildman–Crippen MR) is 238 cm³/mol. The lowest BCUT2D eigenvalue weighted by molar-refractivity contribution is -0.145. The first-order valence-corrected chi connectivity index (χ1v) is 21.4. The molecule has 0 saturated carbocycles. The van der Waals surface area contributed by atoms with E-state index in [-0.39, 0.29) is 70.1 Å². The molecular weight excluding hydrogens is 779 g/mol. The molecule has 0 saturated heterocycles. The molecule has 0 heterocycles. The lowest BCUT2D eigenvalue weighted by Gasteiger charge is -2.22. The van der Waals surface area contributed by atoms with Gasteiger partial charge in [0.15, 0.2) is 18.0 Å². The summed E-state index contributed by atoms with van der Waals surface area (Å²) in [5.41, 5.74) is 33.0. The number of carbonyl (C=O) groups excluding carboxylic acids is 4. The van der Waals surface area contributed by atoms with Crippen molar-refractivity contribution < 1.29 is 44.1 Å². The lowest BCUT2D eigenvalue weighted by Crippen LogP contribution is -2.53. The molecule has 0 rings (SSSR count). The number of rotatable bonds is 30. The summed E-state index contributed by atoms with van der Waals surface area (Å²) in [5, 5.41) is 32.6. The summed E-state index contributed by atoms with van der Waals surface area (Å²) in [4.78, 5) is 82.0. The average molecular weight is 862 g/mol. The highest BCUT2D eigenvalue weighted by molar-refractivity contribution is 6.41. The molecule has 20 heteroatoms. The van der Waals surface area contributed by atoms with E-state index in [1.165, 1.54) is 45.4 Å². The summed E-state index contributed by atoms with van der Waals surface area (Å²) in [6.07, 6.45) is 8.15. The molecule has 0 bridgehead atoms. The van der Waals surface area contributed by atoms with Crippen molar-refractivity contribution in [2.75, 3.05) is 19.6 Å². The van der Waals surface area contributed by atoms with Crippen LogP contribution in [0.3, 0.4) is 0 Å². The molecule has 0 aliphatic rings. The molecule has 0 aromatic heterocycles. The number of ketones is 2. The third-order valence-electron chi connectivity index (χ3n) is 8.60. The van der Waals surface area contributed by atoms with E-state index in [9.17, 15) is 39.0 Å². The van der Waals surface area contributed by atoms with Crippen LogP contribution < -0.4 is 50.2 Å². The lowest BCUT2D eigenvalue weighted by atomic mass is 9.96. The summed E-state index contributed by atoms with van der Waals surface area (Å²) in [6.45, 7) is 16.5. The van der Waals surface area contributed by atoms with E-state index < -0.39 is 71.5 Å². The van der Waals surface area contributed by atoms with Crippen LogP contribution in [0.5, 0.6) is 0 Å². The molecule has 20 nitrogen and oxygen atoms in total. The molecule has 60 heavy (non-hydrogen) atoms. The van der Waals surface area contributed by atoms with Crippen molar-refractivity contribution in [3.63, 3.8) is 0 Å². The number of hydrazine groups is 1. The van der Waals surface area contributed by atoms with Crippen LogP contribution in [0.2, 0.25) is 0 Å². The third kappa shape index (κ3) is 36.7. The van der Waals surface area contributed by atoms with E-state index in [0.29, 0.717) is 19.3 Å². The zero-order chi connectivity index (χ0) is 47.1. The van der Waals surface area contributed by atoms with Crippen LogP contribution in [0.1, 0.15) is 152 Å². The molecule has 2 amide bonds. The zero-order valence-electron chi connectivity index (χ0n) is 37.8. The fourth-order valence-electron chi connectivity index (χ4n) is 4.32. The highest BCUT2D eigenvalue weighted by atomic mass is 16.4. The number of aliphatic carboxylic acids is 2. The summed E-state index contributed by atoms with van der Waals surface area (Å²) in [6, 6.07) is -4.85. The number of aliphatic hydroxyl groups is 1. The number of carboxylic acids is 2. The van der Waals surface area contributed by atoms with Crippen LogP contribution in [0.4, 0.5) is 0 Å². The number of carbonyl (C=O) groups is 6. The van der Waals surface area contributed by atoms with Gasteiger partial charge in [-0.25, -0.2) is 10.2 Å². The van der Waals surface area contributed by atoms with Gasteiger partial charge in [0.1, 0.15) is 0 Å². The number of aliphatic imine (C=N–C) groups is 2. The van der Waals surface area contributed by atoms with Crippen LogP contribution >= 0.6 is 0 Å². The minimum atomic E-state index is -1.50. The number of Topliss-reactive ketones (excluding diaryl/α,β-unsaturated/α-hetero) is 2. The van der Waals surface area contributed by atoms with Crippen molar-refractivity contribution >= 4 is 47.2 Å². The van der Waals surface area contributed by atoms with Gasteiger partial charge in [-0.05, 0) is 51.9 Å². The summed E-state index contributed by atoms with van der Waals surface area (Å²) < 4.78 is 0. The van der Waals surface area contributed by atoms with E-state index in [0.717, 1.165) is 0 Å². The highest BCUT2D eigenvalue weighted by Crippen LogP contribution is 2.11. The van der Waals surface area contributed by atoms with Crippen molar-refractivity contribution in [1.29, 1.82) is 0 Å². The molecule has 352 valence electrons. The Morgan fingerprint density at radius 3 is 1.45 bits per heavy atom. The second kappa shape index (κ2) is 41.3. The van der Waals surface area contributed by atoms with Gasteiger partial charge in [0.25, 0.3) is 0 Å². The summed E-state index contributed by atoms with van der Waals surface area (Å²) in [5.74, 6) is -7.05. The van der Waals surface area contributed by atoms with Crippen LogP contribution in [-0.2, 0) is 28.8 Å². The summed E-state index contributed by atoms with van der Waals surface area (Å²) >= 11 is 0. The number of carboxylic acid groups (broad SMARTS) is 2. The van der Waals surface area contributed by atoms with Crippen molar-refractivity contribution in [3.8, 4) is 0 Å². The number of hydrogen-bond donors (Lipinski definition) is 12. The largest absolute Gasteiger partial charge is 0.481 e. The number of aliphatic hydroxyl groups excluding tert-OH is 1. The second-order valence-corrected chi connectivity index (χ2v) is 14.2. The van der Waals surface area contributed by atoms with Crippen molar-refractivity contribution in [1.82, 2.24) is 21.5 Å². The van der Waals surface area contributed by atoms with Crippen molar-refractivity contribution in [2.24, 2.45) is 44.6 Å². The molecule has 0 aromatic carbocycles. The van der Waals surface area contributed by atoms with E-state index in [4.69, 9.17) is 33.8 Å². The standard InChI is InChI=1S/C28H53N11O9.3C4H10/c1-3-16(25(45)46)14-20(41)37-18(9-6-11-34-27(30)31)22(42)23(43)19(10-7-12-35-28(32)33)39-36-13-5-4-8-17(29)24(44)38-21(15(2)40)26(47)48;3*1-3-4-2/h15-19,21,36,39-40H,3-14,29H2,1-2H3,(H,37,41)(H,38,44)(H,45,46)(H,47,48)(H4,30,31,34)(H4,32,33,35);3*3-4H2,1-2H3/t15-,16?,17?,18+,19+,21+;;;/m1.../s1. The highest BCUT2D eigenvalue weighted by Gasteiger charge is 2.33. The molecule has 17 N–H and O–H groups in total. The van der Waals surface area contributed by atoms with Gasteiger partial charge in [-0.3, -0.25) is 39.4 Å². The molecule has 2 unspecified atom stereocenters. The number of guanidine groups is 2. The van der Waals surface area contributed by atoms with Gasteiger partial charge in [0.2, 0.25) is 23.4 Å². The number of nitrogens with two attached hydrogens (primary N) is 5. The maximum atomic E-state index is 13.4. The number of amides is 2. The van der Waals surface area contributed by atoms with Gasteiger partial charge >= 0.3 is 11.9 Å². The van der Waals surface area contributed by atoms with E-state index in [2.05, 4.69) is 73.0 Å². The maximum absolute atomic E-state index is 13.4. The Kier molecular flexibility index (Phi) is 42.9. The molecule has 0 aromatic rings. The van der Waals surface area contributed by atoms with Gasteiger partial charge < -0.3 is 54.6 Å². The normalized spacial score (nSPS) is 13.2. The monoisotopic (exact) mass is 862 g/mol. The topological polar surface area (TPSA) is 366 Å². The average Bonchev–Trinajstić information content (AvgIpc) is 3.20. The predicted octanol–water partition coefficient (Wildman–Crippen LogP) is 1.55. The van der Waals surface area contributed by atoms with Crippen LogP contribution in [-0.4, -0.2) is 112 Å². The Morgan fingerprint density at radius 2 is 1.07 bits per heavy atom. The molecule has 0 fully saturated rings. The SMILES string of the molecule is CCC(CC(=O)N[C@@H](CCCN=C(N)N)C(=O)C(=O)[C@H](CCCN=C(N)N)NNCCCCC(N)C(=O)N[C@H](C(=O)O)[C@@H](C)O)C(=O)O.CCCC.CCCC.CCCC. The zero-order valence-corrected chi connectivity index (χ0v) is 37.8.